The molecule has 0 aromatic rings. The van der Waals surface area contributed by atoms with Gasteiger partial charge in [-0.15, -0.1) is 0 Å². The van der Waals surface area contributed by atoms with E-state index in [9.17, 15) is 0 Å². The molecule has 2 nitrogen and oxygen atoms in total. The fourth-order valence-corrected chi connectivity index (χ4v) is 2.60. The van der Waals surface area contributed by atoms with E-state index >= 15 is 0 Å². The molecule has 0 heterocycles. The number of thiocarbonyl (C=S) groups is 2. The van der Waals surface area contributed by atoms with Crippen LogP contribution in [0, 0.1) is 0 Å². The molecule has 7 heteroatoms. The monoisotopic (exact) mass is 320 g/mol. The first-order valence-corrected chi connectivity index (χ1v) is 6.19. The summed E-state index contributed by atoms with van der Waals surface area (Å²) >= 11 is 10.1. The molecule has 0 saturated carbocycles. The largest absolute Gasteiger partial charge is 0.363 e. The van der Waals surface area contributed by atoms with Crippen molar-refractivity contribution in [2.45, 2.75) is 0 Å². The molecule has 0 aliphatic rings. The van der Waals surface area contributed by atoms with Gasteiger partial charge < -0.3 is 9.80 Å². The van der Waals surface area contributed by atoms with Gasteiger partial charge in [-0.25, -0.2) is 0 Å². The van der Waals surface area contributed by atoms with E-state index in [1.165, 1.54) is 21.6 Å². The summed E-state index contributed by atoms with van der Waals surface area (Å²) in [4.78, 5) is 3.79. The van der Waals surface area contributed by atoms with Gasteiger partial charge in [-0.1, -0.05) is 24.4 Å². The molecule has 0 saturated heterocycles. The Hall–Kier alpha value is 0.999. The zero-order valence-electron chi connectivity index (χ0n) is 7.94. The molecule has 0 rings (SSSR count). The second-order valence-corrected chi connectivity index (χ2v) is 5.88. The van der Waals surface area contributed by atoms with Crippen molar-refractivity contribution in [1.82, 2.24) is 9.80 Å². The molecule has 0 aromatic carbocycles. The van der Waals surface area contributed by atoms with E-state index in [0.717, 1.165) is 8.64 Å². The average molecular weight is 319 g/mol. The van der Waals surface area contributed by atoms with Gasteiger partial charge in [0, 0.05) is 45.3 Å². The van der Waals surface area contributed by atoms with Crippen LogP contribution in [0.3, 0.4) is 0 Å². The predicted octanol–water partition coefficient (Wildman–Crippen LogP) is 1.68. The van der Waals surface area contributed by atoms with Gasteiger partial charge in [-0.2, -0.15) is 0 Å². The third kappa shape index (κ3) is 8.03. The Morgan fingerprint density at radius 3 is 1.23 bits per heavy atom. The quantitative estimate of drug-likeness (QED) is 0.378. The van der Waals surface area contributed by atoms with Crippen LogP contribution in [0.2, 0.25) is 0 Å². The van der Waals surface area contributed by atoms with Crippen LogP contribution in [0.5, 0.6) is 0 Å². The predicted molar refractivity (Wildman–Crippen MR) is 73.5 cm³/mol. The summed E-state index contributed by atoms with van der Waals surface area (Å²) in [6.45, 7) is 0. The van der Waals surface area contributed by atoms with Crippen LogP contribution in [0.25, 0.3) is 0 Å². The molecular formula is C6H12N2S4Se. The van der Waals surface area contributed by atoms with E-state index in [2.05, 4.69) is 0 Å². The summed E-state index contributed by atoms with van der Waals surface area (Å²) in [6.07, 6.45) is 0. The molecule has 0 fully saturated rings. The summed E-state index contributed by atoms with van der Waals surface area (Å²) in [6, 6.07) is 0. The van der Waals surface area contributed by atoms with Crippen LogP contribution in [0.1, 0.15) is 0 Å². The summed E-state index contributed by atoms with van der Waals surface area (Å²) in [5, 5.41) is 0. The Kier molecular flexibility index (Phi) is 10.5. The molecule has 13 heavy (non-hydrogen) atoms. The summed E-state index contributed by atoms with van der Waals surface area (Å²) in [7, 11) is 10.7. The van der Waals surface area contributed by atoms with Crippen molar-refractivity contribution in [3.8, 4) is 0 Å². The van der Waals surface area contributed by atoms with Crippen LogP contribution < -0.4 is 0 Å². The number of nitrogens with zero attached hydrogens (tertiary/aromatic N) is 2. The second-order valence-electron chi connectivity index (χ2n) is 2.49. The normalized spacial score (nSPS) is 8.62. The number of hydrogen-bond donors (Lipinski definition) is 0. The number of rotatable bonds is 0. The molecule has 76 valence electrons. The molecule has 0 N–H and O–H groups in total. The Bertz CT molecular complexity index is 163. The van der Waals surface area contributed by atoms with E-state index in [0.29, 0.717) is 0 Å². The molecule has 0 aromatic heterocycles. The third-order valence-corrected chi connectivity index (χ3v) is 5.07. The molecule has 2 radical (unpaired) electrons. The van der Waals surface area contributed by atoms with Crippen molar-refractivity contribution in [3.63, 3.8) is 0 Å². The van der Waals surface area contributed by atoms with Crippen LogP contribution in [0.4, 0.5) is 0 Å². The first kappa shape index (κ1) is 16.4. The van der Waals surface area contributed by atoms with E-state index in [1.807, 2.05) is 38.0 Å². The summed E-state index contributed by atoms with van der Waals surface area (Å²) in [5.41, 5.74) is 0. The van der Waals surface area contributed by atoms with Crippen LogP contribution in [0.15, 0.2) is 0 Å². The van der Waals surface area contributed by atoms with Gasteiger partial charge >= 0.3 is 0 Å². The van der Waals surface area contributed by atoms with Gasteiger partial charge in [0.1, 0.15) is 8.64 Å². The van der Waals surface area contributed by atoms with Crippen molar-refractivity contribution in [2.24, 2.45) is 0 Å². The van der Waals surface area contributed by atoms with Crippen molar-refractivity contribution >= 4 is 71.7 Å². The fourth-order valence-electron chi connectivity index (χ4n) is 0.220. The minimum Gasteiger partial charge on any atom is -0.363 e. The Labute approximate surface area is 109 Å². The van der Waals surface area contributed by atoms with Crippen LogP contribution in [-0.4, -0.2) is 63.7 Å². The molecule has 0 bridgehead atoms. The first-order valence-electron chi connectivity index (χ1n) is 3.22. The first-order chi connectivity index (χ1) is 5.45. The van der Waals surface area contributed by atoms with E-state index < -0.39 is 0 Å². The van der Waals surface area contributed by atoms with Gasteiger partial charge in [-0.05, 0) is 21.6 Å². The molecule has 0 spiro atoms. The minimum atomic E-state index is 0. The van der Waals surface area contributed by atoms with Gasteiger partial charge in [0.25, 0.3) is 0 Å². The van der Waals surface area contributed by atoms with Crippen molar-refractivity contribution < 1.29 is 0 Å². The number of hydrogen-bond acceptors (Lipinski definition) is 4. The maximum absolute atomic E-state index is 5.07. The average Bonchev–Trinajstić information content (AvgIpc) is 1.98. The molecule has 0 unspecified atom stereocenters. The van der Waals surface area contributed by atoms with E-state index in [4.69, 9.17) is 24.4 Å². The fraction of sp³-hybridized carbons (Fsp3) is 0.667. The van der Waals surface area contributed by atoms with Gasteiger partial charge in [-0.3, -0.25) is 0 Å². The smallest absolute Gasteiger partial charge is 0.146 e. The van der Waals surface area contributed by atoms with Gasteiger partial charge in [0.15, 0.2) is 0 Å². The maximum Gasteiger partial charge on any atom is 0.146 e. The Morgan fingerprint density at radius 2 is 1.08 bits per heavy atom. The van der Waals surface area contributed by atoms with Crippen molar-refractivity contribution in [2.75, 3.05) is 28.2 Å². The van der Waals surface area contributed by atoms with Gasteiger partial charge in [0.05, 0.1) is 0 Å². The Morgan fingerprint density at radius 1 is 0.846 bits per heavy atom. The third-order valence-electron chi connectivity index (χ3n) is 0.915. The van der Waals surface area contributed by atoms with Crippen molar-refractivity contribution in [3.05, 3.63) is 0 Å². The standard InChI is InChI=1S/C6H12N2S4.Se/c1-7(2)5(9)11-12-6(10)8(3)4;/h1-4H3;. The molecule has 0 atom stereocenters. The Balaban J connectivity index is 0. The minimum absolute atomic E-state index is 0. The van der Waals surface area contributed by atoms with E-state index in [-0.39, 0.29) is 17.1 Å². The van der Waals surface area contributed by atoms with Crippen LogP contribution in [-0.2, 0) is 0 Å². The zero-order valence-corrected chi connectivity index (χ0v) is 12.9. The maximum atomic E-state index is 5.07. The topological polar surface area (TPSA) is 6.48 Å². The summed E-state index contributed by atoms with van der Waals surface area (Å²) in [5.74, 6) is 0. The molecular weight excluding hydrogens is 307 g/mol. The molecule has 0 amide bonds. The summed E-state index contributed by atoms with van der Waals surface area (Å²) < 4.78 is 1.67. The SMILES string of the molecule is CN(C)C(=S)SSC(=S)N(C)C.[Se]. The molecule has 0 aliphatic heterocycles. The van der Waals surface area contributed by atoms with Crippen molar-refractivity contribution in [1.29, 1.82) is 0 Å². The molecule has 0 aliphatic carbocycles. The van der Waals surface area contributed by atoms with E-state index in [1.54, 1.807) is 0 Å². The second kappa shape index (κ2) is 8.32. The zero-order chi connectivity index (χ0) is 9.72. The van der Waals surface area contributed by atoms with Gasteiger partial charge in [0.2, 0.25) is 0 Å². The van der Waals surface area contributed by atoms with Crippen LogP contribution >= 0.6 is 46.0 Å².